The van der Waals surface area contributed by atoms with Crippen molar-refractivity contribution in [1.29, 1.82) is 0 Å². The molecule has 0 aromatic heterocycles. The van der Waals surface area contributed by atoms with Crippen LogP contribution in [0.5, 0.6) is 0 Å². The zero-order valence-corrected chi connectivity index (χ0v) is 10.3. The Balaban J connectivity index is 2.18. The number of hydrogen-bond acceptors (Lipinski definition) is 3. The molecule has 0 saturated carbocycles. The first-order valence-electron chi connectivity index (χ1n) is 5.80. The van der Waals surface area contributed by atoms with Gasteiger partial charge in [-0.1, -0.05) is 0 Å². The van der Waals surface area contributed by atoms with E-state index in [-0.39, 0.29) is 11.9 Å². The Morgan fingerprint density at radius 1 is 1.53 bits per heavy atom. The highest BCUT2D eigenvalue weighted by Crippen LogP contribution is 2.18. The summed E-state index contributed by atoms with van der Waals surface area (Å²) in [4.78, 5) is 14.1. The maximum atomic E-state index is 12.3. The van der Waals surface area contributed by atoms with E-state index in [1.807, 2.05) is 20.0 Å². The number of nitrogens with two attached hydrogens (primary N) is 1. The minimum absolute atomic E-state index is 0.0398. The van der Waals surface area contributed by atoms with Gasteiger partial charge in [-0.15, -0.1) is 0 Å². The summed E-state index contributed by atoms with van der Waals surface area (Å²) in [5.41, 5.74) is 8.00. The molecule has 1 saturated heterocycles. The summed E-state index contributed by atoms with van der Waals surface area (Å²) in [5, 5.41) is 0. The Kier molecular flexibility index (Phi) is 3.33. The third kappa shape index (κ3) is 2.42. The molecule has 1 heterocycles. The molecule has 17 heavy (non-hydrogen) atoms. The van der Waals surface area contributed by atoms with Crippen molar-refractivity contribution in [1.82, 2.24) is 4.90 Å². The quantitative estimate of drug-likeness (QED) is 0.788. The van der Waals surface area contributed by atoms with Gasteiger partial charge in [0.25, 0.3) is 5.91 Å². The van der Waals surface area contributed by atoms with Crippen LogP contribution in [0.3, 0.4) is 0 Å². The van der Waals surface area contributed by atoms with Crippen LogP contribution in [-0.2, 0) is 4.74 Å². The third-order valence-corrected chi connectivity index (χ3v) is 3.25. The second kappa shape index (κ2) is 4.75. The van der Waals surface area contributed by atoms with Gasteiger partial charge in [-0.2, -0.15) is 0 Å². The predicted molar refractivity (Wildman–Crippen MR) is 66.9 cm³/mol. The van der Waals surface area contributed by atoms with Gasteiger partial charge < -0.3 is 15.4 Å². The van der Waals surface area contributed by atoms with Gasteiger partial charge in [-0.25, -0.2) is 0 Å². The van der Waals surface area contributed by atoms with E-state index in [2.05, 4.69) is 0 Å². The standard InChI is InChI=1S/C13H18N2O2/c1-9-7-10(14)3-4-12(9)13(16)15(2)11-5-6-17-8-11/h3-4,7,11H,5-6,8,14H2,1-2H3. The van der Waals surface area contributed by atoms with Crippen LogP contribution in [0, 0.1) is 6.92 Å². The van der Waals surface area contributed by atoms with Gasteiger partial charge in [0.05, 0.1) is 12.6 Å². The molecule has 1 aliphatic heterocycles. The van der Waals surface area contributed by atoms with Gasteiger partial charge in [0.15, 0.2) is 0 Å². The van der Waals surface area contributed by atoms with Crippen LogP contribution in [0.2, 0.25) is 0 Å². The average molecular weight is 234 g/mol. The van der Waals surface area contributed by atoms with E-state index < -0.39 is 0 Å². The summed E-state index contributed by atoms with van der Waals surface area (Å²) < 4.78 is 5.30. The van der Waals surface area contributed by atoms with Crippen LogP contribution in [-0.4, -0.2) is 37.1 Å². The van der Waals surface area contributed by atoms with Crippen molar-refractivity contribution in [3.05, 3.63) is 29.3 Å². The van der Waals surface area contributed by atoms with Gasteiger partial charge in [0.2, 0.25) is 0 Å². The molecule has 4 heteroatoms. The molecule has 1 aromatic rings. The number of ether oxygens (including phenoxy) is 1. The van der Waals surface area contributed by atoms with E-state index >= 15 is 0 Å². The molecule has 1 unspecified atom stereocenters. The van der Waals surface area contributed by atoms with Crippen molar-refractivity contribution in [2.24, 2.45) is 0 Å². The second-order valence-corrected chi connectivity index (χ2v) is 4.51. The first kappa shape index (κ1) is 11.9. The minimum Gasteiger partial charge on any atom is -0.399 e. The number of carbonyl (C=O) groups excluding carboxylic acids is 1. The van der Waals surface area contributed by atoms with Crippen LogP contribution < -0.4 is 5.73 Å². The SMILES string of the molecule is Cc1cc(N)ccc1C(=O)N(C)C1CCOC1. The van der Waals surface area contributed by atoms with Crippen LogP contribution >= 0.6 is 0 Å². The van der Waals surface area contributed by atoms with Crippen LogP contribution in [0.25, 0.3) is 0 Å². The summed E-state index contributed by atoms with van der Waals surface area (Å²) >= 11 is 0. The van der Waals surface area contributed by atoms with E-state index in [9.17, 15) is 4.79 Å². The predicted octanol–water partition coefficient (Wildman–Crippen LogP) is 1.44. The monoisotopic (exact) mass is 234 g/mol. The first-order chi connectivity index (χ1) is 8.09. The molecular weight excluding hydrogens is 216 g/mol. The van der Waals surface area contributed by atoms with E-state index in [0.29, 0.717) is 17.9 Å². The molecule has 0 spiro atoms. The van der Waals surface area contributed by atoms with Gasteiger partial charge >= 0.3 is 0 Å². The highest BCUT2D eigenvalue weighted by atomic mass is 16.5. The number of likely N-dealkylation sites (N-methyl/N-ethyl adjacent to an activating group) is 1. The zero-order chi connectivity index (χ0) is 12.4. The van der Waals surface area contributed by atoms with Crippen molar-refractivity contribution in [3.63, 3.8) is 0 Å². The van der Waals surface area contributed by atoms with Crippen LogP contribution in [0.1, 0.15) is 22.3 Å². The summed E-state index contributed by atoms with van der Waals surface area (Å²) in [6.45, 7) is 3.28. The number of hydrogen-bond donors (Lipinski definition) is 1. The number of amides is 1. The molecule has 1 aliphatic rings. The highest BCUT2D eigenvalue weighted by Gasteiger charge is 2.25. The van der Waals surface area contributed by atoms with Gasteiger partial charge in [0.1, 0.15) is 0 Å². The lowest BCUT2D eigenvalue weighted by molar-refractivity contribution is 0.0710. The maximum Gasteiger partial charge on any atom is 0.254 e. The average Bonchev–Trinajstić information content (AvgIpc) is 2.80. The minimum atomic E-state index is 0.0398. The molecule has 1 aromatic carbocycles. The van der Waals surface area contributed by atoms with E-state index in [1.165, 1.54) is 0 Å². The lowest BCUT2D eigenvalue weighted by atomic mass is 10.1. The number of rotatable bonds is 2. The number of aryl methyl sites for hydroxylation is 1. The molecular formula is C13H18N2O2. The summed E-state index contributed by atoms with van der Waals surface area (Å²) in [7, 11) is 1.83. The fourth-order valence-corrected chi connectivity index (χ4v) is 2.11. The fourth-order valence-electron chi connectivity index (χ4n) is 2.11. The smallest absolute Gasteiger partial charge is 0.254 e. The highest BCUT2D eigenvalue weighted by molar-refractivity contribution is 5.96. The van der Waals surface area contributed by atoms with E-state index in [4.69, 9.17) is 10.5 Å². The third-order valence-electron chi connectivity index (χ3n) is 3.25. The Bertz CT molecular complexity index is 425. The van der Waals surface area contributed by atoms with Crippen molar-refractivity contribution in [2.75, 3.05) is 26.0 Å². The molecule has 4 nitrogen and oxygen atoms in total. The Morgan fingerprint density at radius 2 is 2.29 bits per heavy atom. The fraction of sp³-hybridized carbons (Fsp3) is 0.462. The molecule has 0 aliphatic carbocycles. The molecule has 2 rings (SSSR count). The number of nitrogens with zero attached hydrogens (tertiary/aromatic N) is 1. The summed E-state index contributed by atoms with van der Waals surface area (Å²) in [6, 6.07) is 5.57. The van der Waals surface area contributed by atoms with Gasteiger partial charge in [-0.05, 0) is 37.1 Å². The molecule has 1 fully saturated rings. The lowest BCUT2D eigenvalue weighted by Gasteiger charge is -2.24. The van der Waals surface area contributed by atoms with Crippen molar-refractivity contribution < 1.29 is 9.53 Å². The summed E-state index contributed by atoms with van der Waals surface area (Å²) in [6.07, 6.45) is 0.913. The number of carbonyl (C=O) groups is 1. The Morgan fingerprint density at radius 3 is 2.88 bits per heavy atom. The maximum absolute atomic E-state index is 12.3. The zero-order valence-electron chi connectivity index (χ0n) is 10.3. The molecule has 0 bridgehead atoms. The lowest BCUT2D eigenvalue weighted by Crippen LogP contribution is -2.37. The van der Waals surface area contributed by atoms with Crippen molar-refractivity contribution in [3.8, 4) is 0 Å². The first-order valence-corrected chi connectivity index (χ1v) is 5.80. The summed E-state index contributed by atoms with van der Waals surface area (Å²) in [5.74, 6) is 0.0398. The van der Waals surface area contributed by atoms with E-state index in [1.54, 1.807) is 17.0 Å². The largest absolute Gasteiger partial charge is 0.399 e. The molecule has 92 valence electrons. The number of nitrogen functional groups attached to an aromatic ring is 1. The van der Waals surface area contributed by atoms with Gasteiger partial charge in [-0.3, -0.25) is 4.79 Å². The molecule has 1 amide bonds. The Hall–Kier alpha value is -1.55. The molecule has 0 radical (unpaired) electrons. The number of anilines is 1. The number of benzene rings is 1. The van der Waals surface area contributed by atoms with Crippen LogP contribution in [0.4, 0.5) is 5.69 Å². The van der Waals surface area contributed by atoms with Gasteiger partial charge in [0, 0.05) is 24.9 Å². The Labute approximate surface area is 101 Å². The van der Waals surface area contributed by atoms with E-state index in [0.717, 1.165) is 18.6 Å². The normalized spacial score (nSPS) is 19.3. The molecule has 2 N–H and O–H groups in total. The molecule has 1 atom stereocenters. The van der Waals surface area contributed by atoms with Crippen molar-refractivity contribution >= 4 is 11.6 Å². The van der Waals surface area contributed by atoms with Crippen molar-refractivity contribution in [2.45, 2.75) is 19.4 Å². The van der Waals surface area contributed by atoms with Crippen LogP contribution in [0.15, 0.2) is 18.2 Å². The topological polar surface area (TPSA) is 55.6 Å². The second-order valence-electron chi connectivity index (χ2n) is 4.51.